The molecule has 22 heavy (non-hydrogen) atoms. The molecule has 1 heterocycles. The minimum Gasteiger partial charge on any atom is -0.344 e. The van der Waals surface area contributed by atoms with Crippen molar-refractivity contribution < 1.29 is 13.2 Å². The molecule has 1 rings (SSSR count). The van der Waals surface area contributed by atoms with Gasteiger partial charge in [-0.2, -0.15) is 5.10 Å². The summed E-state index contributed by atoms with van der Waals surface area (Å²) in [7, 11) is -0.482. The Morgan fingerprint density at radius 2 is 2.09 bits per heavy atom. The Morgan fingerprint density at radius 3 is 2.55 bits per heavy atom. The van der Waals surface area contributed by atoms with Gasteiger partial charge < -0.3 is 10.6 Å². The van der Waals surface area contributed by atoms with Gasteiger partial charge in [-0.15, -0.1) is 12.4 Å². The maximum Gasteiger partial charge on any atom is 0.244 e. The Labute approximate surface area is 137 Å². The monoisotopic (exact) mass is 353 g/mol. The smallest absolute Gasteiger partial charge is 0.244 e. The number of rotatable bonds is 7. The van der Waals surface area contributed by atoms with Gasteiger partial charge in [-0.05, 0) is 12.0 Å². The van der Waals surface area contributed by atoms with Crippen LogP contribution in [0.2, 0.25) is 0 Å². The second kappa shape index (κ2) is 7.91. The highest BCUT2D eigenvalue weighted by molar-refractivity contribution is 7.89. The molecular formula is C12H24ClN5O3S. The Bertz CT molecular complexity index is 600. The third-order valence-electron chi connectivity index (χ3n) is 3.05. The standard InChI is InChI=1S/C12H23N5O3S.ClH/c1-12(2,8-13)9-16(3)11(18)6-15-21(19,20)10-5-14-17(4)7-10;/h5,7,15H,6,8-9,13H2,1-4H3;1H. The summed E-state index contributed by atoms with van der Waals surface area (Å²) in [5.74, 6) is -0.316. The number of carbonyl (C=O) groups is 1. The Balaban J connectivity index is 0.00000441. The first-order chi connectivity index (χ1) is 9.57. The largest absolute Gasteiger partial charge is 0.344 e. The van der Waals surface area contributed by atoms with E-state index in [1.165, 1.54) is 22.0 Å². The number of carbonyl (C=O) groups excluding carboxylic acids is 1. The molecule has 0 unspecified atom stereocenters. The lowest BCUT2D eigenvalue weighted by atomic mass is 9.93. The molecule has 0 saturated heterocycles. The second-order valence-corrected chi connectivity index (χ2v) is 7.56. The van der Waals surface area contributed by atoms with Gasteiger partial charge in [0.2, 0.25) is 15.9 Å². The molecule has 0 radical (unpaired) electrons. The number of amides is 1. The average molecular weight is 354 g/mol. The van der Waals surface area contributed by atoms with Gasteiger partial charge >= 0.3 is 0 Å². The fourth-order valence-corrected chi connectivity index (χ4v) is 2.66. The third kappa shape index (κ3) is 5.91. The molecule has 0 saturated carbocycles. The normalized spacial score (nSPS) is 11.9. The number of nitrogens with zero attached hydrogens (tertiary/aromatic N) is 3. The van der Waals surface area contributed by atoms with Crippen LogP contribution in [-0.4, -0.2) is 55.7 Å². The van der Waals surface area contributed by atoms with Crippen LogP contribution in [0.3, 0.4) is 0 Å². The summed E-state index contributed by atoms with van der Waals surface area (Å²) in [6.45, 7) is 4.48. The number of hydrogen-bond acceptors (Lipinski definition) is 5. The topological polar surface area (TPSA) is 110 Å². The third-order valence-corrected chi connectivity index (χ3v) is 4.40. The lowest BCUT2D eigenvalue weighted by Crippen LogP contribution is -2.44. The molecule has 0 aromatic carbocycles. The minimum absolute atomic E-state index is 0. The van der Waals surface area contributed by atoms with E-state index in [1.54, 1.807) is 14.1 Å². The van der Waals surface area contributed by atoms with Gasteiger partial charge in [0, 0.05) is 26.8 Å². The molecular weight excluding hydrogens is 330 g/mol. The van der Waals surface area contributed by atoms with Crippen molar-refractivity contribution in [3.63, 3.8) is 0 Å². The number of nitrogens with two attached hydrogens (primary N) is 1. The summed E-state index contributed by atoms with van der Waals surface area (Å²) >= 11 is 0. The van der Waals surface area contributed by atoms with Crippen molar-refractivity contribution in [2.75, 3.05) is 26.7 Å². The summed E-state index contributed by atoms with van der Waals surface area (Å²) < 4.78 is 27.6. The molecule has 0 aliphatic rings. The van der Waals surface area contributed by atoms with Crippen LogP contribution in [0, 0.1) is 5.41 Å². The number of halogens is 1. The van der Waals surface area contributed by atoms with E-state index < -0.39 is 10.0 Å². The highest BCUT2D eigenvalue weighted by atomic mass is 35.5. The number of hydrogen-bond donors (Lipinski definition) is 2. The molecule has 8 nitrogen and oxygen atoms in total. The van der Waals surface area contributed by atoms with Crippen molar-refractivity contribution >= 4 is 28.3 Å². The average Bonchev–Trinajstić information content (AvgIpc) is 2.83. The van der Waals surface area contributed by atoms with Crippen LogP contribution in [0.25, 0.3) is 0 Å². The molecule has 128 valence electrons. The first-order valence-corrected chi connectivity index (χ1v) is 7.98. The maximum absolute atomic E-state index is 12.0. The van der Waals surface area contributed by atoms with E-state index >= 15 is 0 Å². The highest BCUT2D eigenvalue weighted by Crippen LogP contribution is 2.13. The number of aryl methyl sites for hydroxylation is 1. The molecule has 1 amide bonds. The van der Waals surface area contributed by atoms with E-state index in [1.807, 2.05) is 13.8 Å². The number of likely N-dealkylation sites (N-methyl/N-ethyl adjacent to an activating group) is 1. The van der Waals surface area contributed by atoms with E-state index in [0.29, 0.717) is 13.1 Å². The molecule has 0 bridgehead atoms. The molecule has 10 heteroatoms. The maximum atomic E-state index is 12.0. The molecule has 1 aromatic rings. The van der Waals surface area contributed by atoms with Gasteiger partial charge in [0.25, 0.3) is 0 Å². The van der Waals surface area contributed by atoms with Crippen molar-refractivity contribution in [2.45, 2.75) is 18.7 Å². The molecule has 0 spiro atoms. The molecule has 1 aromatic heterocycles. The van der Waals surface area contributed by atoms with Crippen LogP contribution in [-0.2, 0) is 21.9 Å². The fraction of sp³-hybridized carbons (Fsp3) is 0.667. The Morgan fingerprint density at radius 1 is 1.50 bits per heavy atom. The van der Waals surface area contributed by atoms with Crippen LogP contribution < -0.4 is 10.5 Å². The zero-order valence-corrected chi connectivity index (χ0v) is 14.9. The molecule has 0 atom stereocenters. The number of aromatic nitrogens is 2. The van der Waals surface area contributed by atoms with E-state index in [2.05, 4.69) is 9.82 Å². The first kappa shape index (κ1) is 20.8. The van der Waals surface area contributed by atoms with Crippen LogP contribution in [0.15, 0.2) is 17.3 Å². The zero-order chi connectivity index (χ0) is 16.3. The zero-order valence-electron chi connectivity index (χ0n) is 13.2. The summed E-state index contributed by atoms with van der Waals surface area (Å²) in [6.07, 6.45) is 2.60. The summed E-state index contributed by atoms with van der Waals surface area (Å²) in [4.78, 5) is 13.5. The Kier molecular flexibility index (Phi) is 7.49. The van der Waals surface area contributed by atoms with Crippen molar-refractivity contribution in [3.8, 4) is 0 Å². The Hall–Kier alpha value is -1.16. The van der Waals surface area contributed by atoms with Crippen molar-refractivity contribution in [3.05, 3.63) is 12.4 Å². The number of sulfonamides is 1. The summed E-state index contributed by atoms with van der Waals surface area (Å²) in [5, 5.41) is 3.79. The van der Waals surface area contributed by atoms with Crippen LogP contribution in [0.4, 0.5) is 0 Å². The quantitative estimate of drug-likeness (QED) is 0.690. The summed E-state index contributed by atoms with van der Waals surface area (Å²) in [5.41, 5.74) is 5.40. The van der Waals surface area contributed by atoms with E-state index in [0.717, 1.165) is 0 Å². The van der Waals surface area contributed by atoms with Crippen molar-refractivity contribution in [2.24, 2.45) is 18.2 Å². The molecule has 0 aliphatic heterocycles. The molecule has 0 fully saturated rings. The van der Waals surface area contributed by atoms with Crippen molar-refractivity contribution in [1.29, 1.82) is 0 Å². The van der Waals surface area contributed by atoms with Gasteiger partial charge in [0.1, 0.15) is 4.90 Å². The van der Waals surface area contributed by atoms with E-state index in [9.17, 15) is 13.2 Å². The second-order valence-electron chi connectivity index (χ2n) is 5.79. The van der Waals surface area contributed by atoms with Gasteiger partial charge in [-0.3, -0.25) is 9.48 Å². The van der Waals surface area contributed by atoms with Crippen LogP contribution >= 0.6 is 12.4 Å². The minimum atomic E-state index is -3.72. The fourth-order valence-electron chi connectivity index (χ4n) is 1.71. The van der Waals surface area contributed by atoms with Gasteiger partial charge in [0.15, 0.2) is 0 Å². The van der Waals surface area contributed by atoms with Crippen molar-refractivity contribution in [1.82, 2.24) is 19.4 Å². The van der Waals surface area contributed by atoms with Gasteiger partial charge in [0.05, 0.1) is 12.7 Å². The van der Waals surface area contributed by atoms with Crippen LogP contribution in [0.1, 0.15) is 13.8 Å². The van der Waals surface area contributed by atoms with Gasteiger partial charge in [-0.25, -0.2) is 13.1 Å². The SMILES string of the molecule is CN(CC(C)(C)CN)C(=O)CNS(=O)(=O)c1cnn(C)c1.Cl. The molecule has 0 aliphatic carbocycles. The summed E-state index contributed by atoms with van der Waals surface area (Å²) in [6, 6.07) is 0. The lowest BCUT2D eigenvalue weighted by Gasteiger charge is -2.29. The lowest BCUT2D eigenvalue weighted by molar-refractivity contribution is -0.129. The van der Waals surface area contributed by atoms with E-state index in [-0.39, 0.29) is 35.2 Å². The number of nitrogens with one attached hydrogen (secondary N) is 1. The van der Waals surface area contributed by atoms with Crippen LogP contribution in [0.5, 0.6) is 0 Å². The first-order valence-electron chi connectivity index (χ1n) is 6.50. The van der Waals surface area contributed by atoms with Gasteiger partial charge in [-0.1, -0.05) is 13.8 Å². The van der Waals surface area contributed by atoms with E-state index in [4.69, 9.17) is 5.73 Å². The predicted molar refractivity (Wildman–Crippen MR) is 86.1 cm³/mol. The predicted octanol–water partition coefficient (Wildman–Crippen LogP) is -0.436. The molecule has 3 N–H and O–H groups in total. The highest BCUT2D eigenvalue weighted by Gasteiger charge is 2.23.